The Morgan fingerprint density at radius 2 is 2.55 bits per heavy atom. The highest BCUT2D eigenvalue weighted by Crippen LogP contribution is 2.07. The molecule has 0 aliphatic heterocycles. The maximum atomic E-state index is 8.57. The molecule has 11 heavy (non-hydrogen) atoms. The van der Waals surface area contributed by atoms with Crippen molar-refractivity contribution in [2.75, 3.05) is 6.54 Å². The Labute approximate surface area is 65.6 Å². The minimum Gasteiger partial charge on any atom is -0.467 e. The van der Waals surface area contributed by atoms with E-state index in [2.05, 4.69) is 11.4 Å². The Balaban J connectivity index is 2.63. The molecule has 0 saturated heterocycles. The molecule has 0 fully saturated rings. The molecule has 0 bridgehead atoms. The summed E-state index contributed by atoms with van der Waals surface area (Å²) < 4.78 is 5.07. The van der Waals surface area contributed by atoms with Crippen LogP contribution in [-0.2, 0) is 6.54 Å². The van der Waals surface area contributed by atoms with E-state index in [1.807, 2.05) is 6.92 Å². The molecule has 0 aliphatic rings. The minimum atomic E-state index is 0.617. The summed E-state index contributed by atoms with van der Waals surface area (Å²) in [5.41, 5.74) is 0.617. The fourth-order valence-electron chi connectivity index (χ4n) is 0.816. The van der Waals surface area contributed by atoms with Gasteiger partial charge in [-0.3, -0.25) is 0 Å². The first-order valence-corrected chi connectivity index (χ1v) is 3.55. The van der Waals surface area contributed by atoms with Crippen molar-refractivity contribution < 1.29 is 4.42 Å². The summed E-state index contributed by atoms with van der Waals surface area (Å²) in [5, 5.41) is 11.6. The molecule has 3 nitrogen and oxygen atoms in total. The summed E-state index contributed by atoms with van der Waals surface area (Å²) >= 11 is 0. The van der Waals surface area contributed by atoms with Crippen LogP contribution in [-0.4, -0.2) is 6.54 Å². The lowest BCUT2D eigenvalue weighted by Crippen LogP contribution is -2.11. The molecule has 0 saturated carbocycles. The van der Waals surface area contributed by atoms with Gasteiger partial charge in [-0.05, 0) is 12.6 Å². The molecule has 1 aromatic rings. The Morgan fingerprint density at radius 1 is 1.73 bits per heavy atom. The van der Waals surface area contributed by atoms with Crippen LogP contribution in [0.4, 0.5) is 0 Å². The van der Waals surface area contributed by atoms with E-state index in [1.165, 1.54) is 6.26 Å². The van der Waals surface area contributed by atoms with E-state index in [9.17, 15) is 0 Å². The molecule has 1 N–H and O–H groups in total. The van der Waals surface area contributed by atoms with Crippen LogP contribution in [0.25, 0.3) is 0 Å². The summed E-state index contributed by atoms with van der Waals surface area (Å²) in [5.74, 6) is 0.717. The van der Waals surface area contributed by atoms with Gasteiger partial charge in [0.2, 0.25) is 0 Å². The van der Waals surface area contributed by atoms with Crippen LogP contribution in [0.15, 0.2) is 16.7 Å². The normalized spacial score (nSPS) is 9.45. The highest BCUT2D eigenvalue weighted by molar-refractivity contribution is 5.30. The first-order valence-electron chi connectivity index (χ1n) is 3.55. The van der Waals surface area contributed by atoms with Gasteiger partial charge in [-0.25, -0.2) is 0 Å². The molecular formula is C8H10N2O. The van der Waals surface area contributed by atoms with Crippen molar-refractivity contribution >= 4 is 0 Å². The maximum absolute atomic E-state index is 8.57. The van der Waals surface area contributed by atoms with E-state index in [0.717, 1.165) is 6.54 Å². The fourth-order valence-corrected chi connectivity index (χ4v) is 0.816. The van der Waals surface area contributed by atoms with E-state index in [-0.39, 0.29) is 0 Å². The zero-order valence-corrected chi connectivity index (χ0v) is 6.42. The van der Waals surface area contributed by atoms with E-state index in [1.54, 1.807) is 6.07 Å². The van der Waals surface area contributed by atoms with Crippen LogP contribution in [0, 0.1) is 11.3 Å². The smallest absolute Gasteiger partial charge is 0.135 e. The summed E-state index contributed by atoms with van der Waals surface area (Å²) in [7, 11) is 0. The van der Waals surface area contributed by atoms with Crippen molar-refractivity contribution in [3.63, 3.8) is 0 Å². The molecule has 0 aliphatic carbocycles. The van der Waals surface area contributed by atoms with Crippen molar-refractivity contribution in [2.24, 2.45) is 0 Å². The maximum Gasteiger partial charge on any atom is 0.135 e. The Kier molecular flexibility index (Phi) is 2.70. The molecule has 3 heteroatoms. The van der Waals surface area contributed by atoms with Crippen molar-refractivity contribution in [1.29, 1.82) is 5.26 Å². The average Bonchev–Trinajstić information content (AvgIpc) is 2.47. The van der Waals surface area contributed by atoms with Crippen molar-refractivity contribution in [3.05, 3.63) is 23.7 Å². The summed E-state index contributed by atoms with van der Waals surface area (Å²) in [6.07, 6.45) is 1.53. The Hall–Kier alpha value is -1.27. The highest BCUT2D eigenvalue weighted by Gasteiger charge is 2.02. The number of nitriles is 1. The first-order chi connectivity index (χ1) is 5.38. The molecule has 1 aromatic heterocycles. The summed E-state index contributed by atoms with van der Waals surface area (Å²) in [6.45, 7) is 3.52. The van der Waals surface area contributed by atoms with E-state index in [4.69, 9.17) is 9.68 Å². The van der Waals surface area contributed by atoms with Gasteiger partial charge in [0.1, 0.15) is 11.8 Å². The van der Waals surface area contributed by atoms with Gasteiger partial charge in [-0.1, -0.05) is 6.92 Å². The third kappa shape index (κ3) is 1.82. The second kappa shape index (κ2) is 3.79. The Morgan fingerprint density at radius 3 is 3.18 bits per heavy atom. The zero-order chi connectivity index (χ0) is 8.10. The van der Waals surface area contributed by atoms with Gasteiger partial charge in [0.05, 0.1) is 18.4 Å². The molecule has 0 amide bonds. The van der Waals surface area contributed by atoms with Crippen LogP contribution < -0.4 is 5.32 Å². The summed E-state index contributed by atoms with van der Waals surface area (Å²) in [6, 6.07) is 3.72. The second-order valence-electron chi connectivity index (χ2n) is 2.15. The molecule has 0 atom stereocenters. The topological polar surface area (TPSA) is 49.0 Å². The van der Waals surface area contributed by atoms with Crippen LogP contribution in [0.1, 0.15) is 18.2 Å². The fraction of sp³-hybridized carbons (Fsp3) is 0.375. The summed E-state index contributed by atoms with van der Waals surface area (Å²) in [4.78, 5) is 0. The number of nitrogens with zero attached hydrogens (tertiary/aromatic N) is 1. The minimum absolute atomic E-state index is 0.617. The average molecular weight is 150 g/mol. The van der Waals surface area contributed by atoms with Gasteiger partial charge in [0.15, 0.2) is 0 Å². The second-order valence-corrected chi connectivity index (χ2v) is 2.15. The van der Waals surface area contributed by atoms with Crippen molar-refractivity contribution in [1.82, 2.24) is 5.32 Å². The standard InChI is InChI=1S/C8H10N2O/c1-2-10-6-8-7(5-9)3-4-11-8/h3-4,10H,2,6H2,1H3. The van der Waals surface area contributed by atoms with Crippen molar-refractivity contribution in [2.45, 2.75) is 13.5 Å². The highest BCUT2D eigenvalue weighted by atomic mass is 16.3. The van der Waals surface area contributed by atoms with E-state index >= 15 is 0 Å². The predicted octanol–water partition coefficient (Wildman–Crippen LogP) is 1.26. The number of nitrogens with one attached hydrogen (secondary N) is 1. The van der Waals surface area contributed by atoms with E-state index < -0.39 is 0 Å². The van der Waals surface area contributed by atoms with Gasteiger partial charge in [0, 0.05) is 0 Å². The molecule has 0 unspecified atom stereocenters. The van der Waals surface area contributed by atoms with Gasteiger partial charge in [-0.15, -0.1) is 0 Å². The van der Waals surface area contributed by atoms with E-state index in [0.29, 0.717) is 17.9 Å². The first kappa shape index (κ1) is 7.83. The van der Waals surface area contributed by atoms with Gasteiger partial charge in [0.25, 0.3) is 0 Å². The quantitative estimate of drug-likeness (QED) is 0.705. The van der Waals surface area contributed by atoms with Crippen LogP contribution in [0.3, 0.4) is 0 Å². The molecule has 0 spiro atoms. The molecule has 0 aromatic carbocycles. The molecule has 58 valence electrons. The largest absolute Gasteiger partial charge is 0.467 e. The number of rotatable bonds is 3. The molecular weight excluding hydrogens is 140 g/mol. The number of furan rings is 1. The Bertz CT molecular complexity index is 259. The lowest BCUT2D eigenvalue weighted by atomic mass is 10.3. The number of hydrogen-bond acceptors (Lipinski definition) is 3. The van der Waals surface area contributed by atoms with Gasteiger partial charge < -0.3 is 9.73 Å². The van der Waals surface area contributed by atoms with Crippen LogP contribution in [0.2, 0.25) is 0 Å². The third-order valence-corrected chi connectivity index (χ3v) is 1.40. The molecule has 1 heterocycles. The van der Waals surface area contributed by atoms with Gasteiger partial charge >= 0.3 is 0 Å². The number of hydrogen-bond donors (Lipinski definition) is 1. The lowest BCUT2D eigenvalue weighted by Gasteiger charge is -1.96. The lowest BCUT2D eigenvalue weighted by molar-refractivity contribution is 0.486. The molecule has 0 radical (unpaired) electrons. The zero-order valence-electron chi connectivity index (χ0n) is 6.42. The molecule has 1 rings (SSSR count). The third-order valence-electron chi connectivity index (χ3n) is 1.40. The monoisotopic (exact) mass is 150 g/mol. The van der Waals surface area contributed by atoms with Crippen LogP contribution >= 0.6 is 0 Å². The SMILES string of the molecule is CCNCc1occc1C#N. The van der Waals surface area contributed by atoms with Crippen LogP contribution in [0.5, 0.6) is 0 Å². The predicted molar refractivity (Wildman–Crippen MR) is 40.8 cm³/mol. The van der Waals surface area contributed by atoms with Crippen molar-refractivity contribution in [3.8, 4) is 6.07 Å². The van der Waals surface area contributed by atoms with Gasteiger partial charge in [-0.2, -0.15) is 5.26 Å².